The minimum atomic E-state index is 0.724. The summed E-state index contributed by atoms with van der Waals surface area (Å²) in [5.74, 6) is 0. The van der Waals surface area contributed by atoms with Crippen LogP contribution in [-0.4, -0.2) is 11.6 Å². The highest BCUT2D eigenvalue weighted by atomic mass is 15.3. The van der Waals surface area contributed by atoms with Gasteiger partial charge in [0.15, 0.2) is 0 Å². The smallest absolute Gasteiger partial charge is 0.0401 e. The Kier molecular flexibility index (Phi) is 0.508. The predicted molar refractivity (Wildman–Crippen MR) is 36.2 cm³/mol. The molecule has 9 heavy (non-hydrogen) atoms. The van der Waals surface area contributed by atoms with Crippen LogP contribution < -0.4 is 5.32 Å². The highest BCUT2D eigenvalue weighted by Crippen LogP contribution is 2.79. The lowest BCUT2D eigenvalue weighted by Gasteiger charge is -1.83. The van der Waals surface area contributed by atoms with Gasteiger partial charge < -0.3 is 5.32 Å². The summed E-state index contributed by atoms with van der Waals surface area (Å²) < 4.78 is 0. The highest BCUT2D eigenvalue weighted by molar-refractivity contribution is 5.41. The molecule has 1 nitrogen and oxygen atoms in total. The summed E-state index contributed by atoms with van der Waals surface area (Å²) in [6, 6.07) is 0.917. The molecule has 3 rings (SSSR count). The summed E-state index contributed by atoms with van der Waals surface area (Å²) in [6.07, 6.45) is 5.91. The second-order valence-electron chi connectivity index (χ2n) is 4.03. The van der Waals surface area contributed by atoms with Crippen molar-refractivity contribution in [3.05, 3.63) is 0 Å². The van der Waals surface area contributed by atoms with E-state index in [9.17, 15) is 0 Å². The average molecular weight is 123 g/mol. The SMILES string of the molecule is CC[C@H]1NC12CC21CC1. The summed E-state index contributed by atoms with van der Waals surface area (Å²) in [6.45, 7) is 2.29. The first kappa shape index (κ1) is 4.73. The Morgan fingerprint density at radius 2 is 2.33 bits per heavy atom. The van der Waals surface area contributed by atoms with Crippen molar-refractivity contribution >= 4 is 0 Å². The maximum Gasteiger partial charge on any atom is 0.0401 e. The Morgan fingerprint density at radius 3 is 2.67 bits per heavy atom. The van der Waals surface area contributed by atoms with Crippen molar-refractivity contribution in [3.8, 4) is 0 Å². The molecule has 1 heteroatoms. The number of rotatable bonds is 1. The number of fused-ring (bicyclic) bond motifs is 1. The molecule has 1 unspecified atom stereocenters. The Hall–Kier alpha value is -0.0400. The minimum Gasteiger partial charge on any atom is -0.305 e. The fourth-order valence-electron chi connectivity index (χ4n) is 2.68. The molecule has 1 aliphatic heterocycles. The van der Waals surface area contributed by atoms with Gasteiger partial charge in [-0.25, -0.2) is 0 Å². The highest BCUT2D eigenvalue weighted by Gasteiger charge is 2.83. The zero-order valence-electron chi connectivity index (χ0n) is 5.91. The van der Waals surface area contributed by atoms with Gasteiger partial charge in [-0.1, -0.05) is 6.92 Å². The third kappa shape index (κ3) is 0.337. The van der Waals surface area contributed by atoms with E-state index in [2.05, 4.69) is 12.2 Å². The van der Waals surface area contributed by atoms with E-state index in [4.69, 9.17) is 0 Å². The molecular formula is C8H13N. The van der Waals surface area contributed by atoms with Crippen molar-refractivity contribution in [1.29, 1.82) is 0 Å². The van der Waals surface area contributed by atoms with E-state index < -0.39 is 0 Å². The Labute approximate surface area is 55.8 Å². The van der Waals surface area contributed by atoms with Crippen LogP contribution >= 0.6 is 0 Å². The molecule has 50 valence electrons. The van der Waals surface area contributed by atoms with Crippen LogP contribution in [0.25, 0.3) is 0 Å². The van der Waals surface area contributed by atoms with E-state index in [0.29, 0.717) is 0 Å². The van der Waals surface area contributed by atoms with Gasteiger partial charge in [-0.05, 0) is 31.1 Å². The molecule has 2 saturated carbocycles. The van der Waals surface area contributed by atoms with Crippen LogP contribution in [0.4, 0.5) is 0 Å². The Balaban J connectivity index is 1.83. The van der Waals surface area contributed by atoms with Gasteiger partial charge in [0.2, 0.25) is 0 Å². The molecule has 0 radical (unpaired) electrons. The monoisotopic (exact) mass is 123 g/mol. The normalized spacial score (nSPS) is 56.3. The van der Waals surface area contributed by atoms with Crippen LogP contribution in [0.3, 0.4) is 0 Å². The van der Waals surface area contributed by atoms with Crippen LogP contribution in [-0.2, 0) is 0 Å². The average Bonchev–Trinajstić information content (AvgIpc) is 2.69. The predicted octanol–water partition coefficient (Wildman–Crippen LogP) is 1.29. The fourth-order valence-corrected chi connectivity index (χ4v) is 2.68. The second kappa shape index (κ2) is 0.968. The molecular weight excluding hydrogens is 110 g/mol. The van der Waals surface area contributed by atoms with Crippen molar-refractivity contribution in [2.24, 2.45) is 5.41 Å². The molecule has 2 spiro atoms. The summed E-state index contributed by atoms with van der Waals surface area (Å²) in [7, 11) is 0. The molecule has 0 amide bonds. The lowest BCUT2D eigenvalue weighted by Crippen LogP contribution is -1.94. The molecule has 2 aliphatic carbocycles. The molecule has 2 atom stereocenters. The summed E-state index contributed by atoms with van der Waals surface area (Å²) >= 11 is 0. The minimum absolute atomic E-state index is 0.724. The molecule has 0 aromatic rings. The van der Waals surface area contributed by atoms with Crippen molar-refractivity contribution in [1.82, 2.24) is 5.32 Å². The van der Waals surface area contributed by atoms with E-state index in [0.717, 1.165) is 17.0 Å². The first-order valence-corrected chi connectivity index (χ1v) is 4.11. The summed E-state index contributed by atoms with van der Waals surface area (Å²) in [5, 5.41) is 3.62. The van der Waals surface area contributed by atoms with Crippen molar-refractivity contribution in [2.45, 2.75) is 44.2 Å². The summed E-state index contributed by atoms with van der Waals surface area (Å²) in [4.78, 5) is 0. The standard InChI is InChI=1S/C8H13N/c1-2-6-8(9-6)5-7(8)3-4-7/h6,9H,2-5H2,1H3/t6-,8?/m1/s1. The quantitative estimate of drug-likeness (QED) is 0.521. The van der Waals surface area contributed by atoms with E-state index in [1.54, 1.807) is 0 Å². The molecule has 3 aliphatic rings. The van der Waals surface area contributed by atoms with Crippen molar-refractivity contribution in [2.75, 3.05) is 0 Å². The van der Waals surface area contributed by atoms with Gasteiger partial charge in [-0.15, -0.1) is 0 Å². The molecule has 3 fully saturated rings. The molecule has 1 heterocycles. The Bertz CT molecular complexity index is 171. The molecule has 0 aromatic heterocycles. The first-order valence-electron chi connectivity index (χ1n) is 4.11. The van der Waals surface area contributed by atoms with Crippen LogP contribution in [0.2, 0.25) is 0 Å². The van der Waals surface area contributed by atoms with Crippen molar-refractivity contribution < 1.29 is 0 Å². The maximum atomic E-state index is 3.62. The Morgan fingerprint density at radius 1 is 1.56 bits per heavy atom. The number of hydrogen-bond acceptors (Lipinski definition) is 1. The zero-order valence-corrected chi connectivity index (χ0v) is 5.91. The third-order valence-electron chi connectivity index (χ3n) is 3.64. The molecule has 1 saturated heterocycles. The summed E-state index contributed by atoms with van der Waals surface area (Å²) in [5.41, 5.74) is 1.59. The van der Waals surface area contributed by atoms with E-state index in [1.807, 2.05) is 0 Å². The lowest BCUT2D eigenvalue weighted by atomic mass is 10.2. The molecule has 0 bridgehead atoms. The van der Waals surface area contributed by atoms with E-state index in [-0.39, 0.29) is 0 Å². The first-order chi connectivity index (χ1) is 4.33. The van der Waals surface area contributed by atoms with Gasteiger partial charge in [0, 0.05) is 11.6 Å². The maximum absolute atomic E-state index is 3.62. The number of nitrogens with one attached hydrogen (secondary N) is 1. The van der Waals surface area contributed by atoms with Crippen LogP contribution in [0, 0.1) is 5.41 Å². The van der Waals surface area contributed by atoms with Crippen molar-refractivity contribution in [3.63, 3.8) is 0 Å². The van der Waals surface area contributed by atoms with Crippen LogP contribution in [0.5, 0.6) is 0 Å². The van der Waals surface area contributed by atoms with E-state index in [1.165, 1.54) is 25.7 Å². The second-order valence-corrected chi connectivity index (χ2v) is 4.03. The topological polar surface area (TPSA) is 21.9 Å². The lowest BCUT2D eigenvalue weighted by molar-refractivity contribution is 0.758. The van der Waals surface area contributed by atoms with Gasteiger partial charge >= 0.3 is 0 Å². The van der Waals surface area contributed by atoms with Gasteiger partial charge in [0.05, 0.1) is 0 Å². The van der Waals surface area contributed by atoms with Crippen LogP contribution in [0.15, 0.2) is 0 Å². The third-order valence-corrected chi connectivity index (χ3v) is 3.64. The van der Waals surface area contributed by atoms with Gasteiger partial charge in [-0.2, -0.15) is 0 Å². The van der Waals surface area contributed by atoms with Crippen LogP contribution in [0.1, 0.15) is 32.6 Å². The molecule has 1 N–H and O–H groups in total. The zero-order chi connectivity index (χ0) is 6.11. The van der Waals surface area contributed by atoms with Gasteiger partial charge in [-0.3, -0.25) is 0 Å². The number of hydrogen-bond donors (Lipinski definition) is 1. The van der Waals surface area contributed by atoms with E-state index >= 15 is 0 Å². The molecule has 0 aromatic carbocycles. The fraction of sp³-hybridized carbons (Fsp3) is 1.00. The largest absolute Gasteiger partial charge is 0.305 e. The van der Waals surface area contributed by atoms with Gasteiger partial charge in [0.25, 0.3) is 0 Å². The van der Waals surface area contributed by atoms with Gasteiger partial charge in [0.1, 0.15) is 0 Å².